The fourth-order valence-corrected chi connectivity index (χ4v) is 2.40. The average Bonchev–Trinajstić information content (AvgIpc) is 2.61. The van der Waals surface area contributed by atoms with Crippen LogP contribution in [0.25, 0.3) is 0 Å². The van der Waals surface area contributed by atoms with Gasteiger partial charge in [0, 0.05) is 11.5 Å². The molecule has 164 valence electrons. The summed E-state index contributed by atoms with van der Waals surface area (Å²) >= 11 is 7.68. The Kier molecular flexibility index (Phi) is 11.7. The first-order chi connectivity index (χ1) is 13.4. The number of carbonyl (C=O) groups is 6. The van der Waals surface area contributed by atoms with E-state index in [1.807, 2.05) is 0 Å². The molecule has 15 heteroatoms. The van der Waals surface area contributed by atoms with Crippen LogP contribution in [0.3, 0.4) is 0 Å². The Labute approximate surface area is 176 Å². The van der Waals surface area contributed by atoms with Gasteiger partial charge >= 0.3 is 11.9 Å². The zero-order chi connectivity index (χ0) is 22.7. The Hall–Kier alpha value is -2.52. The zero-order valence-electron chi connectivity index (χ0n) is 15.0. The third kappa shape index (κ3) is 10.00. The lowest BCUT2D eigenvalue weighted by Crippen LogP contribution is -2.58. The van der Waals surface area contributed by atoms with E-state index in [0.29, 0.717) is 0 Å². The molecule has 9 N–H and O–H groups in total. The van der Waals surface area contributed by atoms with Gasteiger partial charge in [0.25, 0.3) is 0 Å². The molecule has 0 aliphatic carbocycles. The number of hydrogen-bond acceptors (Lipinski definition) is 9. The van der Waals surface area contributed by atoms with E-state index in [1.165, 1.54) is 0 Å². The summed E-state index contributed by atoms with van der Waals surface area (Å²) in [5, 5.41) is 24.2. The summed E-state index contributed by atoms with van der Waals surface area (Å²) in [6.45, 7) is 0. The van der Waals surface area contributed by atoms with Crippen LogP contribution in [0.1, 0.15) is 12.8 Å². The third-order valence-corrected chi connectivity index (χ3v) is 4.11. The Bertz CT molecular complexity index is 662. The van der Waals surface area contributed by atoms with Gasteiger partial charge in [-0.2, -0.15) is 25.3 Å². The fraction of sp³-hybridized carbons (Fsp3) is 0.571. The van der Waals surface area contributed by atoms with Gasteiger partial charge in [0.05, 0.1) is 18.9 Å². The number of amides is 4. The Morgan fingerprint density at radius 2 is 1.21 bits per heavy atom. The minimum atomic E-state index is -1.63. The third-order valence-electron chi connectivity index (χ3n) is 3.38. The van der Waals surface area contributed by atoms with E-state index in [4.69, 9.17) is 21.7 Å². The maximum atomic E-state index is 12.4. The van der Waals surface area contributed by atoms with Gasteiger partial charge in [-0.3, -0.25) is 24.0 Å². The van der Waals surface area contributed by atoms with Crippen molar-refractivity contribution in [3.05, 3.63) is 0 Å². The number of aliphatic carboxylic acids is 2. The maximum Gasteiger partial charge on any atom is 0.327 e. The number of rotatable bonds is 13. The molecule has 0 aromatic carbocycles. The molecule has 0 aliphatic heterocycles. The van der Waals surface area contributed by atoms with Crippen molar-refractivity contribution in [3.63, 3.8) is 0 Å². The van der Waals surface area contributed by atoms with E-state index in [1.54, 1.807) is 0 Å². The molecular formula is C14H23N5O8S2. The van der Waals surface area contributed by atoms with Crippen LogP contribution in [-0.2, 0) is 28.8 Å². The van der Waals surface area contributed by atoms with Crippen LogP contribution >= 0.6 is 25.3 Å². The van der Waals surface area contributed by atoms with E-state index in [2.05, 4.69) is 41.2 Å². The molecule has 0 fully saturated rings. The van der Waals surface area contributed by atoms with Crippen molar-refractivity contribution in [2.45, 2.75) is 37.0 Å². The smallest absolute Gasteiger partial charge is 0.327 e. The zero-order valence-corrected chi connectivity index (χ0v) is 16.8. The molecule has 13 nitrogen and oxygen atoms in total. The Morgan fingerprint density at radius 3 is 1.62 bits per heavy atom. The number of nitrogens with one attached hydrogen (secondary N) is 3. The molecule has 0 rings (SSSR count). The first-order valence-corrected chi connectivity index (χ1v) is 9.30. The summed E-state index contributed by atoms with van der Waals surface area (Å²) in [5.41, 5.74) is 10.4. The molecule has 0 bridgehead atoms. The Morgan fingerprint density at radius 1 is 0.759 bits per heavy atom. The predicted octanol–water partition coefficient (Wildman–Crippen LogP) is -3.94. The van der Waals surface area contributed by atoms with E-state index < -0.39 is 72.6 Å². The average molecular weight is 453 g/mol. The maximum absolute atomic E-state index is 12.4. The van der Waals surface area contributed by atoms with Gasteiger partial charge in [0.2, 0.25) is 23.6 Å². The summed E-state index contributed by atoms with van der Waals surface area (Å²) in [6.07, 6.45) is -1.38. The summed E-state index contributed by atoms with van der Waals surface area (Å²) < 4.78 is 0. The van der Waals surface area contributed by atoms with Gasteiger partial charge in [-0.15, -0.1) is 0 Å². The lowest BCUT2D eigenvalue weighted by Gasteiger charge is -2.23. The number of carboxylic acid groups (broad SMARTS) is 2. The van der Waals surface area contributed by atoms with Crippen LogP contribution in [0.2, 0.25) is 0 Å². The highest BCUT2D eigenvalue weighted by Crippen LogP contribution is 2.00. The summed E-state index contributed by atoms with van der Waals surface area (Å²) in [7, 11) is 0. The molecule has 0 aromatic rings. The van der Waals surface area contributed by atoms with Gasteiger partial charge in [-0.05, 0) is 0 Å². The largest absolute Gasteiger partial charge is 0.481 e. The van der Waals surface area contributed by atoms with Crippen LogP contribution in [0.15, 0.2) is 0 Å². The number of hydrogen-bond donors (Lipinski definition) is 9. The van der Waals surface area contributed by atoms with Gasteiger partial charge in [0.15, 0.2) is 0 Å². The minimum absolute atomic E-state index is 0.218. The van der Waals surface area contributed by atoms with Crippen LogP contribution < -0.4 is 27.4 Å². The lowest BCUT2D eigenvalue weighted by atomic mass is 10.1. The van der Waals surface area contributed by atoms with Crippen molar-refractivity contribution in [2.75, 3.05) is 11.5 Å². The number of carbonyl (C=O) groups excluding carboxylic acids is 4. The number of thiol groups is 2. The van der Waals surface area contributed by atoms with Crippen LogP contribution in [-0.4, -0.2) is 81.5 Å². The van der Waals surface area contributed by atoms with E-state index in [0.717, 1.165) is 0 Å². The van der Waals surface area contributed by atoms with E-state index in [-0.39, 0.29) is 11.5 Å². The fourth-order valence-electron chi connectivity index (χ4n) is 1.90. The monoisotopic (exact) mass is 453 g/mol. The van der Waals surface area contributed by atoms with Gasteiger partial charge < -0.3 is 37.6 Å². The molecule has 0 saturated carbocycles. The van der Waals surface area contributed by atoms with Crippen LogP contribution in [0, 0.1) is 0 Å². The SMILES string of the molecule is NC(=O)CC(N)C(=O)NC(CC(=O)O)C(=O)NC(CS)C(=O)NC(CS)C(=O)O. The highest BCUT2D eigenvalue weighted by Gasteiger charge is 2.30. The summed E-state index contributed by atoms with van der Waals surface area (Å²) in [4.78, 5) is 69.2. The second-order valence-electron chi connectivity index (χ2n) is 5.76. The van der Waals surface area contributed by atoms with Crippen molar-refractivity contribution in [2.24, 2.45) is 11.5 Å². The topological polar surface area (TPSA) is 231 Å². The van der Waals surface area contributed by atoms with Crippen molar-refractivity contribution in [3.8, 4) is 0 Å². The Balaban J connectivity index is 5.20. The first kappa shape index (κ1) is 26.5. The molecule has 0 heterocycles. The van der Waals surface area contributed by atoms with E-state index >= 15 is 0 Å². The summed E-state index contributed by atoms with van der Waals surface area (Å²) in [5.74, 6) is -7.11. The van der Waals surface area contributed by atoms with Crippen molar-refractivity contribution in [1.82, 2.24) is 16.0 Å². The minimum Gasteiger partial charge on any atom is -0.481 e. The molecule has 0 aromatic heterocycles. The molecule has 4 amide bonds. The van der Waals surface area contributed by atoms with Crippen LogP contribution in [0.5, 0.6) is 0 Å². The summed E-state index contributed by atoms with van der Waals surface area (Å²) in [6, 6.07) is -5.70. The quantitative estimate of drug-likeness (QED) is 0.124. The second-order valence-corrected chi connectivity index (χ2v) is 6.49. The second kappa shape index (κ2) is 12.8. The first-order valence-electron chi connectivity index (χ1n) is 8.04. The molecule has 0 aliphatic rings. The number of nitrogens with two attached hydrogens (primary N) is 2. The molecule has 0 spiro atoms. The van der Waals surface area contributed by atoms with Crippen molar-refractivity contribution < 1.29 is 39.0 Å². The highest BCUT2D eigenvalue weighted by atomic mass is 32.1. The van der Waals surface area contributed by atoms with E-state index in [9.17, 15) is 28.8 Å². The molecule has 4 atom stereocenters. The van der Waals surface area contributed by atoms with Gasteiger partial charge in [-0.25, -0.2) is 4.79 Å². The normalized spacial score (nSPS) is 14.6. The molecule has 0 radical (unpaired) electrons. The standard InChI is InChI=1S/C14H23N5O8S2/c15-5(1-9(16)20)11(23)17-6(2-10(21)22)12(24)18-7(3-28)13(25)19-8(4-29)14(26)27/h5-8,28-29H,1-4,15H2,(H2,16,20)(H,17,23)(H,18,24)(H,19,25)(H,21,22)(H,26,27). The van der Waals surface area contributed by atoms with Gasteiger partial charge in [-0.1, -0.05) is 0 Å². The van der Waals surface area contributed by atoms with Crippen molar-refractivity contribution in [1.29, 1.82) is 0 Å². The lowest BCUT2D eigenvalue weighted by molar-refractivity contribution is -0.142. The molecule has 4 unspecified atom stereocenters. The highest BCUT2D eigenvalue weighted by molar-refractivity contribution is 7.80. The molecular weight excluding hydrogens is 430 g/mol. The van der Waals surface area contributed by atoms with Crippen LogP contribution in [0.4, 0.5) is 0 Å². The number of primary amides is 1. The molecule has 0 saturated heterocycles. The van der Waals surface area contributed by atoms with Crippen molar-refractivity contribution >= 4 is 60.8 Å². The number of carboxylic acids is 2. The predicted molar refractivity (Wildman–Crippen MR) is 105 cm³/mol. The molecule has 29 heavy (non-hydrogen) atoms. The van der Waals surface area contributed by atoms with Gasteiger partial charge in [0.1, 0.15) is 18.1 Å².